The van der Waals surface area contributed by atoms with E-state index < -0.39 is 5.97 Å². The summed E-state index contributed by atoms with van der Waals surface area (Å²) in [6.45, 7) is 9.63. The Morgan fingerprint density at radius 1 is 1.44 bits per heavy atom. The topological polar surface area (TPSA) is 37.3 Å². The first-order valence-corrected chi connectivity index (χ1v) is 6.07. The number of carboxylic acids is 1. The molecule has 0 aromatic heterocycles. The number of carboxylic acid groups (broad SMARTS) is 1. The van der Waals surface area contributed by atoms with Crippen LogP contribution in [0, 0.1) is 17.8 Å². The van der Waals surface area contributed by atoms with E-state index >= 15 is 0 Å². The minimum absolute atomic E-state index is 0.200. The highest BCUT2D eigenvalue weighted by atomic mass is 16.4. The lowest BCUT2D eigenvalue weighted by Gasteiger charge is -2.31. The normalized spacial score (nSPS) is 27.1. The summed E-state index contributed by atoms with van der Waals surface area (Å²) in [7, 11) is 0. The maximum Gasteiger partial charge on any atom is 0.306 e. The summed E-state index contributed by atoms with van der Waals surface area (Å²) in [6.07, 6.45) is 7.02. The lowest BCUT2D eigenvalue weighted by molar-refractivity contribution is -0.143. The molecule has 1 saturated carbocycles. The number of rotatable bonds is 5. The van der Waals surface area contributed by atoms with Crippen molar-refractivity contribution in [2.75, 3.05) is 0 Å². The van der Waals surface area contributed by atoms with Crippen molar-refractivity contribution in [3.05, 3.63) is 24.8 Å². The summed E-state index contributed by atoms with van der Waals surface area (Å²) in [4.78, 5) is 10.9. The summed E-state index contributed by atoms with van der Waals surface area (Å²) in [5.41, 5.74) is 1.26. The fourth-order valence-electron chi connectivity index (χ4n) is 2.58. The highest BCUT2D eigenvalue weighted by Crippen LogP contribution is 2.37. The van der Waals surface area contributed by atoms with E-state index in [2.05, 4.69) is 13.2 Å². The second kappa shape index (κ2) is 5.88. The van der Waals surface area contributed by atoms with E-state index in [9.17, 15) is 4.79 Å². The Balaban J connectivity index is 2.42. The Morgan fingerprint density at radius 2 is 2.00 bits per heavy atom. The first kappa shape index (κ1) is 13.0. The molecule has 1 fully saturated rings. The van der Waals surface area contributed by atoms with Crippen LogP contribution in [0.25, 0.3) is 0 Å². The van der Waals surface area contributed by atoms with Gasteiger partial charge in [0.25, 0.3) is 0 Å². The Bertz CT molecular complexity index is 272. The Morgan fingerprint density at radius 3 is 2.44 bits per heavy atom. The van der Waals surface area contributed by atoms with Gasteiger partial charge in [0.05, 0.1) is 5.92 Å². The number of hydrogen-bond acceptors (Lipinski definition) is 1. The van der Waals surface area contributed by atoms with Gasteiger partial charge in [0.1, 0.15) is 0 Å². The average Bonchev–Trinajstić information content (AvgIpc) is 2.28. The van der Waals surface area contributed by atoms with Gasteiger partial charge in [-0.25, -0.2) is 0 Å². The van der Waals surface area contributed by atoms with Crippen LogP contribution in [0.15, 0.2) is 24.8 Å². The Hall–Kier alpha value is -1.05. The van der Waals surface area contributed by atoms with Gasteiger partial charge in [-0.1, -0.05) is 25.2 Å². The number of aliphatic carboxylic acids is 1. The predicted molar refractivity (Wildman–Crippen MR) is 66.2 cm³/mol. The van der Waals surface area contributed by atoms with E-state index in [-0.39, 0.29) is 5.92 Å². The quantitative estimate of drug-likeness (QED) is 0.721. The van der Waals surface area contributed by atoms with Crippen LogP contribution >= 0.6 is 0 Å². The molecule has 1 unspecified atom stereocenters. The van der Waals surface area contributed by atoms with Crippen molar-refractivity contribution in [2.45, 2.75) is 39.0 Å². The van der Waals surface area contributed by atoms with Crippen molar-refractivity contribution in [1.29, 1.82) is 0 Å². The van der Waals surface area contributed by atoms with Gasteiger partial charge >= 0.3 is 5.97 Å². The van der Waals surface area contributed by atoms with E-state index in [0.29, 0.717) is 11.8 Å². The minimum atomic E-state index is -0.659. The van der Waals surface area contributed by atoms with E-state index in [0.717, 1.165) is 32.1 Å². The summed E-state index contributed by atoms with van der Waals surface area (Å²) in [5.74, 6) is 0.0718. The fourth-order valence-corrected chi connectivity index (χ4v) is 2.58. The van der Waals surface area contributed by atoms with Crippen molar-refractivity contribution in [3.63, 3.8) is 0 Å². The zero-order valence-electron chi connectivity index (χ0n) is 10.1. The molecular formula is C14H22O2. The molecule has 0 saturated heterocycles. The van der Waals surface area contributed by atoms with Gasteiger partial charge in [0.2, 0.25) is 0 Å². The zero-order chi connectivity index (χ0) is 12.1. The molecule has 0 bridgehead atoms. The van der Waals surface area contributed by atoms with Crippen molar-refractivity contribution in [3.8, 4) is 0 Å². The molecule has 0 spiro atoms. The molecule has 2 nitrogen and oxygen atoms in total. The molecule has 1 rings (SSSR count). The van der Waals surface area contributed by atoms with Gasteiger partial charge in [0, 0.05) is 0 Å². The van der Waals surface area contributed by atoms with Crippen LogP contribution in [-0.2, 0) is 4.79 Å². The summed E-state index contributed by atoms with van der Waals surface area (Å²) >= 11 is 0. The average molecular weight is 222 g/mol. The van der Waals surface area contributed by atoms with E-state index in [4.69, 9.17) is 5.11 Å². The molecule has 2 heteroatoms. The van der Waals surface area contributed by atoms with Gasteiger partial charge in [-0.15, -0.1) is 6.58 Å². The summed E-state index contributed by atoms with van der Waals surface area (Å²) in [5, 5.41) is 8.96. The van der Waals surface area contributed by atoms with Crippen LogP contribution in [0.1, 0.15) is 39.0 Å². The Kier molecular flexibility index (Phi) is 4.78. The third-order valence-corrected chi connectivity index (χ3v) is 3.85. The zero-order valence-corrected chi connectivity index (χ0v) is 10.1. The first-order valence-electron chi connectivity index (χ1n) is 6.07. The second-order valence-electron chi connectivity index (χ2n) is 4.89. The lowest BCUT2D eigenvalue weighted by atomic mass is 9.74. The van der Waals surface area contributed by atoms with Crippen LogP contribution in [-0.4, -0.2) is 11.1 Å². The predicted octanol–water partition coefficient (Wildman–Crippen LogP) is 3.65. The highest BCUT2D eigenvalue weighted by molar-refractivity contribution is 5.69. The van der Waals surface area contributed by atoms with Gasteiger partial charge in [0.15, 0.2) is 0 Å². The van der Waals surface area contributed by atoms with E-state index in [1.54, 1.807) is 0 Å². The molecular weight excluding hydrogens is 200 g/mol. The smallest absolute Gasteiger partial charge is 0.306 e. The van der Waals surface area contributed by atoms with Crippen LogP contribution < -0.4 is 0 Å². The molecule has 90 valence electrons. The largest absolute Gasteiger partial charge is 0.481 e. The standard InChI is InChI=1S/C14H22O2/c1-4-5-10(2)12-6-8-13(9-7-12)11(3)14(15)16/h4,11-13H,1-2,5-9H2,3H3,(H,15,16). The number of hydrogen-bond donors (Lipinski definition) is 1. The SMILES string of the molecule is C=CCC(=C)C1CCC(C(C)C(=O)O)CC1. The van der Waals surface area contributed by atoms with Gasteiger partial charge in [-0.05, 0) is 43.9 Å². The third-order valence-electron chi connectivity index (χ3n) is 3.85. The lowest BCUT2D eigenvalue weighted by Crippen LogP contribution is -2.25. The van der Waals surface area contributed by atoms with Crippen molar-refractivity contribution >= 4 is 5.97 Å². The molecule has 1 aliphatic carbocycles. The number of allylic oxidation sites excluding steroid dienone is 2. The minimum Gasteiger partial charge on any atom is -0.481 e. The molecule has 0 amide bonds. The van der Waals surface area contributed by atoms with Crippen LogP contribution in [0.3, 0.4) is 0 Å². The first-order chi connectivity index (χ1) is 7.56. The maximum absolute atomic E-state index is 10.9. The van der Waals surface area contributed by atoms with Crippen LogP contribution in [0.4, 0.5) is 0 Å². The highest BCUT2D eigenvalue weighted by Gasteiger charge is 2.29. The van der Waals surface area contributed by atoms with Gasteiger partial charge in [-0.3, -0.25) is 4.79 Å². The molecule has 16 heavy (non-hydrogen) atoms. The van der Waals surface area contributed by atoms with Crippen LogP contribution in [0.5, 0.6) is 0 Å². The monoisotopic (exact) mass is 222 g/mol. The van der Waals surface area contributed by atoms with Gasteiger partial charge < -0.3 is 5.11 Å². The molecule has 1 N–H and O–H groups in total. The number of carbonyl (C=O) groups is 1. The summed E-state index contributed by atoms with van der Waals surface area (Å²) in [6, 6.07) is 0. The fraction of sp³-hybridized carbons (Fsp3) is 0.643. The Labute approximate surface area is 98.1 Å². The van der Waals surface area contributed by atoms with Crippen molar-refractivity contribution in [1.82, 2.24) is 0 Å². The van der Waals surface area contributed by atoms with E-state index in [1.165, 1.54) is 5.57 Å². The third kappa shape index (κ3) is 3.22. The van der Waals surface area contributed by atoms with E-state index in [1.807, 2.05) is 13.0 Å². The van der Waals surface area contributed by atoms with Crippen molar-refractivity contribution in [2.24, 2.45) is 17.8 Å². The molecule has 0 aromatic rings. The molecule has 0 radical (unpaired) electrons. The van der Waals surface area contributed by atoms with Gasteiger partial charge in [-0.2, -0.15) is 0 Å². The maximum atomic E-state index is 10.9. The molecule has 1 atom stereocenters. The molecule has 1 aliphatic rings. The molecule has 0 aliphatic heterocycles. The second-order valence-corrected chi connectivity index (χ2v) is 4.89. The molecule has 0 aromatic carbocycles. The van der Waals surface area contributed by atoms with Crippen molar-refractivity contribution < 1.29 is 9.90 Å². The molecule has 0 heterocycles. The summed E-state index contributed by atoms with van der Waals surface area (Å²) < 4.78 is 0. The van der Waals surface area contributed by atoms with Crippen LogP contribution in [0.2, 0.25) is 0 Å².